The minimum absolute atomic E-state index is 0.00335. The minimum Gasteiger partial charge on any atom is -0.396 e. The van der Waals surface area contributed by atoms with Gasteiger partial charge in [0.15, 0.2) is 6.29 Å². The molecule has 8 heteroatoms. The summed E-state index contributed by atoms with van der Waals surface area (Å²) in [5.74, 6) is 1.53. The Bertz CT molecular complexity index is 1470. The van der Waals surface area contributed by atoms with E-state index in [0.717, 1.165) is 44.7 Å². The summed E-state index contributed by atoms with van der Waals surface area (Å²) >= 11 is 1.68. The molecule has 0 unspecified atom stereocenters. The molecule has 0 aliphatic carbocycles. The van der Waals surface area contributed by atoms with E-state index in [1.54, 1.807) is 11.8 Å². The van der Waals surface area contributed by atoms with E-state index < -0.39 is 6.29 Å². The van der Waals surface area contributed by atoms with Gasteiger partial charge in [-0.15, -0.1) is 0 Å². The topological polar surface area (TPSA) is 100 Å². The maximum atomic E-state index is 12.3. The second kappa shape index (κ2) is 15.9. The van der Waals surface area contributed by atoms with Crippen LogP contribution in [-0.2, 0) is 29.2 Å². The van der Waals surface area contributed by atoms with Crippen molar-refractivity contribution >= 4 is 17.8 Å². The van der Waals surface area contributed by atoms with Crippen molar-refractivity contribution in [2.75, 3.05) is 18.1 Å². The number of aliphatic hydroxyl groups is 2. The molecule has 0 bridgehead atoms. The van der Waals surface area contributed by atoms with Gasteiger partial charge in [0.1, 0.15) is 0 Å². The second-order valence-corrected chi connectivity index (χ2v) is 12.1. The molecule has 4 atom stereocenters. The van der Waals surface area contributed by atoms with Gasteiger partial charge in [-0.05, 0) is 39.4 Å². The monoisotopic (exact) mass is 612 g/mol. The van der Waals surface area contributed by atoms with Crippen molar-refractivity contribution in [3.8, 4) is 11.1 Å². The average Bonchev–Trinajstić information content (AvgIpc) is 3.08. The summed E-state index contributed by atoms with van der Waals surface area (Å²) in [6.07, 6.45) is -0.760. The fourth-order valence-corrected chi connectivity index (χ4v) is 6.20. The van der Waals surface area contributed by atoms with Gasteiger partial charge in [0, 0.05) is 36.1 Å². The molecule has 4 aromatic rings. The lowest BCUT2D eigenvalue weighted by atomic mass is 9.91. The zero-order valence-corrected chi connectivity index (χ0v) is 25.7. The van der Waals surface area contributed by atoms with E-state index in [1.807, 2.05) is 78.9 Å². The summed E-state index contributed by atoms with van der Waals surface area (Å²) in [6, 6.07) is 33.9. The summed E-state index contributed by atoms with van der Waals surface area (Å²) in [5.41, 5.74) is 7.02. The van der Waals surface area contributed by atoms with Gasteiger partial charge < -0.3 is 30.3 Å². The molecular weight excluding hydrogens is 572 g/mol. The highest BCUT2D eigenvalue weighted by atomic mass is 32.2. The van der Waals surface area contributed by atoms with Crippen molar-refractivity contribution < 1.29 is 24.5 Å². The Balaban J connectivity index is 1.24. The van der Waals surface area contributed by atoms with E-state index in [2.05, 4.69) is 41.8 Å². The first-order valence-electron chi connectivity index (χ1n) is 15.0. The van der Waals surface area contributed by atoms with Crippen LogP contribution in [0.5, 0.6) is 0 Å². The van der Waals surface area contributed by atoms with Crippen LogP contribution in [0.15, 0.2) is 103 Å². The van der Waals surface area contributed by atoms with Gasteiger partial charge in [0.25, 0.3) is 0 Å². The van der Waals surface area contributed by atoms with Crippen molar-refractivity contribution in [1.82, 2.24) is 10.6 Å². The summed E-state index contributed by atoms with van der Waals surface area (Å²) in [7, 11) is 0. The van der Waals surface area contributed by atoms with Gasteiger partial charge in [-0.2, -0.15) is 11.8 Å². The lowest BCUT2D eigenvalue weighted by molar-refractivity contribution is -0.268. The molecule has 1 aliphatic heterocycles. The summed E-state index contributed by atoms with van der Waals surface area (Å²) < 4.78 is 13.0. The fraction of sp³-hybridized carbons (Fsp3) is 0.306. The van der Waals surface area contributed by atoms with Gasteiger partial charge >= 0.3 is 6.03 Å². The van der Waals surface area contributed by atoms with Crippen molar-refractivity contribution in [1.29, 1.82) is 0 Å². The third-order valence-electron chi connectivity index (χ3n) is 7.83. The van der Waals surface area contributed by atoms with Crippen molar-refractivity contribution in [3.05, 3.63) is 131 Å². The maximum Gasteiger partial charge on any atom is 0.315 e. The number of thioether (sulfide) groups is 1. The molecule has 4 aromatic carbocycles. The molecule has 1 saturated heterocycles. The van der Waals surface area contributed by atoms with Gasteiger partial charge in [-0.25, -0.2) is 4.79 Å². The van der Waals surface area contributed by atoms with E-state index in [0.29, 0.717) is 18.8 Å². The van der Waals surface area contributed by atoms with E-state index in [1.165, 1.54) is 0 Å². The number of ether oxygens (including phenoxy) is 2. The van der Waals surface area contributed by atoms with Crippen LogP contribution in [0.1, 0.15) is 47.1 Å². The lowest BCUT2D eigenvalue weighted by Crippen LogP contribution is -2.38. The maximum absolute atomic E-state index is 12.3. The Morgan fingerprint density at radius 2 is 1.43 bits per heavy atom. The molecule has 1 fully saturated rings. The number of nitrogens with one attached hydrogen (secondary N) is 2. The normalized spacial score (nSPS) is 19.8. The van der Waals surface area contributed by atoms with Crippen LogP contribution in [0.3, 0.4) is 0 Å². The number of benzene rings is 4. The zero-order valence-electron chi connectivity index (χ0n) is 24.9. The summed E-state index contributed by atoms with van der Waals surface area (Å²) in [6.45, 7) is 3.18. The number of carbonyl (C=O) groups is 1. The predicted octanol–water partition coefficient (Wildman–Crippen LogP) is 6.36. The van der Waals surface area contributed by atoms with Crippen LogP contribution in [0, 0.1) is 5.92 Å². The predicted molar refractivity (Wildman–Crippen MR) is 175 cm³/mol. The third kappa shape index (κ3) is 8.49. The minimum atomic E-state index is -0.535. The van der Waals surface area contributed by atoms with Gasteiger partial charge in [0.2, 0.25) is 0 Å². The van der Waals surface area contributed by atoms with Crippen LogP contribution >= 0.6 is 11.8 Å². The first-order chi connectivity index (χ1) is 21.5. The van der Waals surface area contributed by atoms with E-state index in [9.17, 15) is 15.0 Å². The van der Waals surface area contributed by atoms with Crippen LogP contribution in [-0.4, -0.2) is 40.5 Å². The van der Waals surface area contributed by atoms with Crippen LogP contribution in [0.4, 0.5) is 4.79 Å². The Morgan fingerprint density at radius 3 is 2.14 bits per heavy atom. The highest BCUT2D eigenvalue weighted by molar-refractivity contribution is 7.99. The van der Waals surface area contributed by atoms with Crippen LogP contribution in [0.2, 0.25) is 0 Å². The standard InChI is InChI=1S/C36H40N2O5S/c1-25-33(24-44-19-18-39)42-35(43-34(25)30-12-10-27(23-40)11-13-30)31-16-14-29(15-17-31)32-9-5-8-28(20-32)22-38-36(41)37-21-26-6-3-2-4-7-26/h2-17,20,25,33-35,39-40H,18-19,21-24H2,1H3,(H2,37,38,41)/t25-,33+,34+,35+/m1/s1. The average molecular weight is 613 g/mol. The lowest BCUT2D eigenvalue weighted by Gasteiger charge is -2.41. The van der Waals surface area contributed by atoms with Crippen molar-refractivity contribution in [3.63, 3.8) is 0 Å². The molecule has 0 saturated carbocycles. The third-order valence-corrected chi connectivity index (χ3v) is 8.87. The zero-order chi connectivity index (χ0) is 30.7. The molecule has 0 radical (unpaired) electrons. The molecular formula is C36H40N2O5S. The summed E-state index contributed by atoms with van der Waals surface area (Å²) in [4.78, 5) is 12.3. The van der Waals surface area contributed by atoms with Crippen LogP contribution < -0.4 is 10.6 Å². The van der Waals surface area contributed by atoms with E-state index >= 15 is 0 Å². The molecule has 1 heterocycles. The Kier molecular flexibility index (Phi) is 11.5. The first-order valence-corrected chi connectivity index (χ1v) is 16.1. The van der Waals surface area contributed by atoms with Crippen LogP contribution in [0.25, 0.3) is 11.1 Å². The molecule has 2 amide bonds. The Labute approximate surface area is 263 Å². The van der Waals surface area contributed by atoms with E-state index in [4.69, 9.17) is 9.47 Å². The van der Waals surface area contributed by atoms with Gasteiger partial charge in [0.05, 0.1) is 25.4 Å². The van der Waals surface area contributed by atoms with Gasteiger partial charge in [-0.1, -0.05) is 104 Å². The molecule has 7 nitrogen and oxygen atoms in total. The first kappa shape index (κ1) is 31.8. The largest absolute Gasteiger partial charge is 0.396 e. The Hall–Kier alpha value is -3.66. The quantitative estimate of drug-likeness (QED) is 0.139. The Morgan fingerprint density at radius 1 is 0.750 bits per heavy atom. The molecule has 0 spiro atoms. The summed E-state index contributed by atoms with van der Waals surface area (Å²) in [5, 5.41) is 24.6. The molecule has 5 rings (SSSR count). The van der Waals surface area contributed by atoms with Crippen molar-refractivity contribution in [2.45, 2.75) is 45.1 Å². The van der Waals surface area contributed by atoms with Crippen molar-refractivity contribution in [2.24, 2.45) is 5.92 Å². The highest BCUT2D eigenvalue weighted by Gasteiger charge is 2.38. The SMILES string of the molecule is C[C@@H]1[C@H](CSCCO)O[C@H](c2ccc(-c3cccc(CNC(=O)NCc4ccccc4)c3)cc2)O[C@@H]1c1ccc(CO)cc1. The molecule has 230 valence electrons. The number of hydrogen-bond donors (Lipinski definition) is 4. The number of amides is 2. The number of hydrogen-bond acceptors (Lipinski definition) is 6. The van der Waals surface area contributed by atoms with Gasteiger partial charge in [-0.3, -0.25) is 0 Å². The molecule has 4 N–H and O–H groups in total. The van der Waals surface area contributed by atoms with E-state index in [-0.39, 0.29) is 37.4 Å². The molecule has 1 aliphatic rings. The smallest absolute Gasteiger partial charge is 0.315 e. The number of urea groups is 1. The highest BCUT2D eigenvalue weighted by Crippen LogP contribution is 2.42. The number of aliphatic hydroxyl groups excluding tert-OH is 2. The number of carbonyl (C=O) groups excluding carboxylic acids is 1. The second-order valence-electron chi connectivity index (χ2n) is 11.0. The molecule has 0 aromatic heterocycles. The molecule has 44 heavy (non-hydrogen) atoms. The fourth-order valence-electron chi connectivity index (χ4n) is 5.29. The number of rotatable bonds is 12.